The van der Waals surface area contributed by atoms with Gasteiger partial charge in [0.1, 0.15) is 18.6 Å². The van der Waals surface area contributed by atoms with E-state index in [1.165, 1.54) is 4.90 Å². The summed E-state index contributed by atoms with van der Waals surface area (Å²) >= 11 is 3.44. The van der Waals surface area contributed by atoms with Crippen molar-refractivity contribution >= 4 is 44.4 Å². The number of amides is 3. The number of piperazine rings is 1. The van der Waals surface area contributed by atoms with Gasteiger partial charge in [-0.05, 0) is 46.4 Å². The molecule has 0 saturated carbocycles. The number of carbonyl (C=O) groups is 3. The number of rotatable bonds is 8. The third kappa shape index (κ3) is 5.78. The molecule has 3 aromatic rings. The largest absolute Gasteiger partial charge is 0.357 e. The van der Waals surface area contributed by atoms with E-state index in [2.05, 4.69) is 21.2 Å². The second-order valence-corrected chi connectivity index (χ2v) is 10.7. The molecule has 0 spiro atoms. The number of halogens is 1. The molecule has 0 bridgehead atoms. The lowest BCUT2D eigenvalue weighted by Crippen LogP contribution is -2.64. The molecule has 6 nitrogen and oxygen atoms in total. The molecule has 1 fully saturated rings. The molecule has 2 atom stereocenters. The molecule has 3 amide bonds. The van der Waals surface area contributed by atoms with Crippen molar-refractivity contribution in [1.29, 1.82) is 0 Å². The predicted molar refractivity (Wildman–Crippen MR) is 145 cm³/mol. The molecule has 2 unspecified atom stereocenters. The normalized spacial score (nSPS) is 17.1. The molecule has 1 N–H and O–H groups in total. The Morgan fingerprint density at radius 1 is 1.00 bits per heavy atom. The van der Waals surface area contributed by atoms with E-state index in [1.807, 2.05) is 80.6 Å². The van der Waals surface area contributed by atoms with E-state index in [-0.39, 0.29) is 30.2 Å². The van der Waals surface area contributed by atoms with Crippen LogP contribution in [0.15, 0.2) is 71.2 Å². The van der Waals surface area contributed by atoms with E-state index in [0.29, 0.717) is 19.4 Å². The number of nitrogens with zero attached hydrogens (tertiary/aromatic N) is 2. The zero-order valence-electron chi connectivity index (χ0n) is 20.9. The molecule has 1 aliphatic rings. The van der Waals surface area contributed by atoms with Gasteiger partial charge in [-0.3, -0.25) is 14.4 Å². The van der Waals surface area contributed by atoms with E-state index in [1.54, 1.807) is 11.9 Å². The van der Waals surface area contributed by atoms with Crippen molar-refractivity contribution in [3.63, 3.8) is 0 Å². The fourth-order valence-corrected chi connectivity index (χ4v) is 5.10. The molecule has 36 heavy (non-hydrogen) atoms. The van der Waals surface area contributed by atoms with Crippen LogP contribution >= 0.6 is 15.9 Å². The number of hydrogen-bond donors (Lipinski definition) is 1. The summed E-state index contributed by atoms with van der Waals surface area (Å²) in [5, 5.41) is 4.89. The first-order valence-electron chi connectivity index (χ1n) is 12.3. The Bertz CT molecular complexity index is 1260. The minimum atomic E-state index is -0.767. The van der Waals surface area contributed by atoms with Crippen molar-refractivity contribution in [2.75, 3.05) is 13.6 Å². The first kappa shape index (κ1) is 25.9. The van der Waals surface area contributed by atoms with Gasteiger partial charge in [0.2, 0.25) is 17.7 Å². The lowest BCUT2D eigenvalue weighted by Gasteiger charge is -2.43. The summed E-state index contributed by atoms with van der Waals surface area (Å²) in [7, 11) is 1.57. The van der Waals surface area contributed by atoms with Gasteiger partial charge in [-0.2, -0.15) is 0 Å². The van der Waals surface area contributed by atoms with Crippen LogP contribution in [-0.4, -0.2) is 53.2 Å². The van der Waals surface area contributed by atoms with Gasteiger partial charge in [-0.1, -0.05) is 84.4 Å². The third-order valence-electron chi connectivity index (χ3n) is 6.70. The third-order valence-corrected chi connectivity index (χ3v) is 7.23. The number of hydrogen-bond acceptors (Lipinski definition) is 3. The van der Waals surface area contributed by atoms with Crippen molar-refractivity contribution in [3.8, 4) is 0 Å². The second kappa shape index (κ2) is 11.2. The topological polar surface area (TPSA) is 69.7 Å². The Morgan fingerprint density at radius 3 is 2.33 bits per heavy atom. The van der Waals surface area contributed by atoms with Gasteiger partial charge in [0, 0.05) is 24.5 Å². The van der Waals surface area contributed by atoms with Gasteiger partial charge in [0.05, 0.1) is 0 Å². The Morgan fingerprint density at radius 2 is 1.67 bits per heavy atom. The van der Waals surface area contributed by atoms with E-state index >= 15 is 0 Å². The van der Waals surface area contributed by atoms with Crippen molar-refractivity contribution in [3.05, 3.63) is 82.3 Å². The molecule has 4 rings (SSSR count). The van der Waals surface area contributed by atoms with Crippen molar-refractivity contribution in [1.82, 2.24) is 15.1 Å². The maximum atomic E-state index is 13.9. The SMILES string of the molecule is CNC(=O)C(Cc1ccc2ccccc2c1)N1CC(=O)N(Cc2ccc(Br)cc2)C(CC(C)C)C1=O. The first-order chi connectivity index (χ1) is 17.3. The van der Waals surface area contributed by atoms with E-state index in [9.17, 15) is 14.4 Å². The molecule has 1 saturated heterocycles. The highest BCUT2D eigenvalue weighted by molar-refractivity contribution is 9.10. The lowest BCUT2D eigenvalue weighted by atomic mass is 9.95. The van der Waals surface area contributed by atoms with Crippen LogP contribution in [0.25, 0.3) is 10.8 Å². The van der Waals surface area contributed by atoms with Crippen LogP contribution in [0.3, 0.4) is 0 Å². The second-order valence-electron chi connectivity index (χ2n) is 9.78. The number of nitrogens with one attached hydrogen (secondary N) is 1. The van der Waals surface area contributed by atoms with Crippen molar-refractivity contribution in [2.24, 2.45) is 5.92 Å². The summed E-state index contributed by atoms with van der Waals surface area (Å²) in [6, 6.07) is 20.5. The van der Waals surface area contributed by atoms with E-state index in [0.717, 1.165) is 26.4 Å². The molecule has 3 aromatic carbocycles. The van der Waals surface area contributed by atoms with Crippen LogP contribution in [0.2, 0.25) is 0 Å². The minimum absolute atomic E-state index is 0.115. The van der Waals surface area contributed by atoms with Gasteiger partial charge in [-0.25, -0.2) is 0 Å². The molecule has 0 aromatic heterocycles. The maximum absolute atomic E-state index is 13.9. The van der Waals surface area contributed by atoms with Gasteiger partial charge < -0.3 is 15.1 Å². The fraction of sp³-hybridized carbons (Fsp3) is 0.345. The fourth-order valence-electron chi connectivity index (χ4n) is 4.84. The summed E-state index contributed by atoms with van der Waals surface area (Å²) in [5.41, 5.74) is 1.90. The molecule has 0 radical (unpaired) electrons. The van der Waals surface area contributed by atoms with Crippen LogP contribution in [0.5, 0.6) is 0 Å². The van der Waals surface area contributed by atoms with E-state index in [4.69, 9.17) is 0 Å². The number of likely N-dealkylation sites (N-methyl/N-ethyl adjacent to an activating group) is 1. The standard InChI is InChI=1S/C29H32BrN3O3/c1-19(2)14-26-29(36)33(18-27(34)32(26)17-20-9-12-24(30)13-10-20)25(28(35)31-3)16-21-8-11-22-6-4-5-7-23(22)15-21/h4-13,15,19,25-26H,14,16-18H2,1-3H3,(H,31,35). The van der Waals surface area contributed by atoms with Crippen LogP contribution in [0, 0.1) is 5.92 Å². The highest BCUT2D eigenvalue weighted by Crippen LogP contribution is 2.26. The van der Waals surface area contributed by atoms with Crippen LogP contribution in [-0.2, 0) is 27.3 Å². The summed E-state index contributed by atoms with van der Waals surface area (Å²) in [5.74, 6) is -0.377. The average molecular weight is 550 g/mol. The highest BCUT2D eigenvalue weighted by Gasteiger charge is 2.43. The Labute approximate surface area is 220 Å². The van der Waals surface area contributed by atoms with Crippen LogP contribution in [0.1, 0.15) is 31.4 Å². The molecular formula is C29H32BrN3O3. The summed E-state index contributed by atoms with van der Waals surface area (Å²) in [6.07, 6.45) is 0.874. The maximum Gasteiger partial charge on any atom is 0.246 e. The molecular weight excluding hydrogens is 518 g/mol. The molecule has 0 aliphatic carbocycles. The predicted octanol–water partition coefficient (Wildman–Crippen LogP) is 4.55. The summed E-state index contributed by atoms with van der Waals surface area (Å²) in [6.45, 7) is 4.33. The van der Waals surface area contributed by atoms with Gasteiger partial charge >= 0.3 is 0 Å². The van der Waals surface area contributed by atoms with Gasteiger partial charge in [0.15, 0.2) is 0 Å². The number of benzene rings is 3. The number of carbonyl (C=O) groups excluding carboxylic acids is 3. The van der Waals surface area contributed by atoms with E-state index < -0.39 is 12.1 Å². The highest BCUT2D eigenvalue weighted by atomic mass is 79.9. The lowest BCUT2D eigenvalue weighted by molar-refractivity contribution is -0.161. The summed E-state index contributed by atoms with van der Waals surface area (Å²) in [4.78, 5) is 43.5. The molecule has 1 heterocycles. The zero-order valence-corrected chi connectivity index (χ0v) is 22.5. The van der Waals surface area contributed by atoms with Crippen LogP contribution in [0.4, 0.5) is 0 Å². The Kier molecular flexibility index (Phi) is 8.09. The average Bonchev–Trinajstić information content (AvgIpc) is 2.87. The molecule has 7 heteroatoms. The monoisotopic (exact) mass is 549 g/mol. The van der Waals surface area contributed by atoms with Crippen LogP contribution < -0.4 is 5.32 Å². The zero-order chi connectivity index (χ0) is 25.8. The van der Waals surface area contributed by atoms with Crippen molar-refractivity contribution < 1.29 is 14.4 Å². The Balaban J connectivity index is 1.63. The summed E-state index contributed by atoms with van der Waals surface area (Å²) < 4.78 is 0.958. The Hall–Kier alpha value is -3.19. The minimum Gasteiger partial charge on any atom is -0.357 e. The van der Waals surface area contributed by atoms with Gasteiger partial charge in [0.25, 0.3) is 0 Å². The van der Waals surface area contributed by atoms with Crippen molar-refractivity contribution in [2.45, 2.75) is 45.3 Å². The quantitative estimate of drug-likeness (QED) is 0.448. The number of fused-ring (bicyclic) bond motifs is 1. The smallest absolute Gasteiger partial charge is 0.246 e. The first-order valence-corrected chi connectivity index (χ1v) is 13.1. The van der Waals surface area contributed by atoms with Gasteiger partial charge in [-0.15, -0.1) is 0 Å². The molecule has 188 valence electrons. The molecule has 1 aliphatic heterocycles.